The summed E-state index contributed by atoms with van der Waals surface area (Å²) in [5, 5.41) is 0. The van der Waals surface area contributed by atoms with Crippen molar-refractivity contribution in [2.45, 2.75) is 26.7 Å². The molecule has 0 radical (unpaired) electrons. The van der Waals surface area contributed by atoms with Crippen LogP contribution in [0.5, 0.6) is 0 Å². The Morgan fingerprint density at radius 2 is 2.23 bits per heavy atom. The molecule has 70 valence electrons. The molecule has 0 aliphatic heterocycles. The first-order valence-corrected chi connectivity index (χ1v) is 4.91. The minimum absolute atomic E-state index is 0.428. The molecule has 0 heterocycles. The molecule has 2 bridgehead atoms. The molecule has 3 saturated carbocycles. The van der Waals surface area contributed by atoms with E-state index in [0.717, 1.165) is 18.6 Å². The molecular formula is C12H16O. The van der Waals surface area contributed by atoms with Crippen LogP contribution < -0.4 is 0 Å². The van der Waals surface area contributed by atoms with E-state index in [9.17, 15) is 4.79 Å². The van der Waals surface area contributed by atoms with Crippen LogP contribution in [-0.2, 0) is 4.79 Å². The summed E-state index contributed by atoms with van der Waals surface area (Å²) in [5.41, 5.74) is 2.83. The topological polar surface area (TPSA) is 17.1 Å². The van der Waals surface area contributed by atoms with Crippen molar-refractivity contribution in [1.29, 1.82) is 0 Å². The van der Waals surface area contributed by atoms with Crippen molar-refractivity contribution in [3.8, 4) is 0 Å². The molecule has 1 nitrogen and oxygen atoms in total. The predicted molar refractivity (Wildman–Crippen MR) is 53.3 cm³/mol. The van der Waals surface area contributed by atoms with Gasteiger partial charge in [-0.2, -0.15) is 0 Å². The van der Waals surface area contributed by atoms with Crippen LogP contribution in [0.1, 0.15) is 26.7 Å². The summed E-state index contributed by atoms with van der Waals surface area (Å²) < 4.78 is 0. The third-order valence-corrected chi connectivity index (χ3v) is 4.04. The molecule has 3 rings (SSSR count). The van der Waals surface area contributed by atoms with Gasteiger partial charge in [-0.25, -0.2) is 0 Å². The Morgan fingerprint density at radius 1 is 1.54 bits per heavy atom. The number of aldehydes is 1. The van der Waals surface area contributed by atoms with Crippen LogP contribution in [0.2, 0.25) is 0 Å². The fourth-order valence-electron chi connectivity index (χ4n) is 2.83. The largest absolute Gasteiger partial charge is 0.299 e. The maximum absolute atomic E-state index is 10.4. The monoisotopic (exact) mass is 176 g/mol. The lowest BCUT2D eigenvalue weighted by Crippen LogP contribution is -2.49. The maximum Gasteiger partial charge on any atom is 0.143 e. The fraction of sp³-hybridized carbons (Fsp3) is 0.583. The SMILES string of the molecule is C=C1/C(=C\C=O)CC2CC1C2(C)C. The first-order chi connectivity index (χ1) is 6.07. The second kappa shape index (κ2) is 2.57. The van der Waals surface area contributed by atoms with Crippen LogP contribution in [0.25, 0.3) is 0 Å². The standard InChI is InChI=1S/C12H16O/c1-8-9(4-5-13)6-10-7-11(8)12(10,2)3/h4-5,10-11H,1,6-7H2,2-3H3/b9-4-. The molecule has 1 heteroatoms. The minimum atomic E-state index is 0.428. The zero-order chi connectivity index (χ0) is 9.64. The Kier molecular flexibility index (Phi) is 1.73. The number of fused-ring (bicyclic) bond motifs is 2. The highest BCUT2D eigenvalue weighted by molar-refractivity contribution is 5.68. The minimum Gasteiger partial charge on any atom is -0.299 e. The average molecular weight is 176 g/mol. The molecule has 3 aliphatic rings. The molecule has 13 heavy (non-hydrogen) atoms. The van der Waals surface area contributed by atoms with Gasteiger partial charge in [0.25, 0.3) is 0 Å². The lowest BCUT2D eigenvalue weighted by molar-refractivity contribution is -0.104. The normalized spacial score (nSPS) is 38.6. The van der Waals surface area contributed by atoms with Crippen LogP contribution in [-0.4, -0.2) is 6.29 Å². The van der Waals surface area contributed by atoms with Crippen LogP contribution in [0.4, 0.5) is 0 Å². The summed E-state index contributed by atoms with van der Waals surface area (Å²) in [4.78, 5) is 10.4. The number of carbonyl (C=O) groups is 1. The van der Waals surface area contributed by atoms with E-state index in [0.29, 0.717) is 11.3 Å². The zero-order valence-corrected chi connectivity index (χ0v) is 8.34. The molecule has 2 atom stereocenters. The molecular weight excluding hydrogens is 160 g/mol. The highest BCUT2D eigenvalue weighted by atomic mass is 16.1. The van der Waals surface area contributed by atoms with Gasteiger partial charge in [-0.1, -0.05) is 20.4 Å². The molecule has 0 saturated heterocycles. The van der Waals surface area contributed by atoms with Gasteiger partial charge in [0.1, 0.15) is 6.29 Å². The van der Waals surface area contributed by atoms with Crippen molar-refractivity contribution in [2.24, 2.45) is 17.3 Å². The number of carbonyl (C=O) groups excluding carboxylic acids is 1. The van der Waals surface area contributed by atoms with Crippen LogP contribution in [0.15, 0.2) is 23.8 Å². The van der Waals surface area contributed by atoms with Gasteiger partial charge < -0.3 is 0 Å². The maximum atomic E-state index is 10.4. The van der Waals surface area contributed by atoms with Crippen molar-refractivity contribution in [2.75, 3.05) is 0 Å². The Labute approximate surface area is 79.5 Å². The fourth-order valence-corrected chi connectivity index (χ4v) is 2.83. The van der Waals surface area contributed by atoms with E-state index in [-0.39, 0.29) is 0 Å². The van der Waals surface area contributed by atoms with Crippen molar-refractivity contribution in [3.05, 3.63) is 23.8 Å². The Balaban J connectivity index is 2.26. The predicted octanol–water partition coefficient (Wildman–Crippen LogP) is 2.73. The third kappa shape index (κ3) is 1.03. The van der Waals surface area contributed by atoms with Gasteiger partial charge in [0.15, 0.2) is 0 Å². The number of allylic oxidation sites excluding steroid dienone is 3. The number of hydrogen-bond donors (Lipinski definition) is 0. The van der Waals surface area contributed by atoms with E-state index in [2.05, 4.69) is 20.4 Å². The second-order valence-electron chi connectivity index (χ2n) is 4.86. The smallest absolute Gasteiger partial charge is 0.143 e. The van der Waals surface area contributed by atoms with Crippen LogP contribution >= 0.6 is 0 Å². The third-order valence-electron chi connectivity index (χ3n) is 4.04. The van der Waals surface area contributed by atoms with Crippen LogP contribution in [0.3, 0.4) is 0 Å². The summed E-state index contributed by atoms with van der Waals surface area (Å²) in [6.07, 6.45) is 4.91. The lowest BCUT2D eigenvalue weighted by Gasteiger charge is -2.58. The van der Waals surface area contributed by atoms with Crippen molar-refractivity contribution in [1.82, 2.24) is 0 Å². The van der Waals surface area contributed by atoms with Gasteiger partial charge in [0.05, 0.1) is 0 Å². The van der Waals surface area contributed by atoms with Gasteiger partial charge in [-0.05, 0) is 47.3 Å². The number of rotatable bonds is 1. The lowest BCUT2D eigenvalue weighted by atomic mass is 9.46. The van der Waals surface area contributed by atoms with Gasteiger partial charge in [-0.3, -0.25) is 4.79 Å². The van der Waals surface area contributed by atoms with E-state index in [1.54, 1.807) is 6.08 Å². The molecule has 3 aliphatic carbocycles. The summed E-state index contributed by atoms with van der Waals surface area (Å²) >= 11 is 0. The first-order valence-electron chi connectivity index (χ1n) is 4.91. The van der Waals surface area contributed by atoms with E-state index >= 15 is 0 Å². The summed E-state index contributed by atoms with van der Waals surface area (Å²) in [6, 6.07) is 0. The van der Waals surface area contributed by atoms with Crippen molar-refractivity contribution in [3.63, 3.8) is 0 Å². The number of hydrogen-bond acceptors (Lipinski definition) is 1. The van der Waals surface area contributed by atoms with Crippen LogP contribution in [0, 0.1) is 17.3 Å². The molecule has 2 unspecified atom stereocenters. The van der Waals surface area contributed by atoms with E-state index in [4.69, 9.17) is 0 Å². The molecule has 0 aromatic heterocycles. The van der Waals surface area contributed by atoms with Gasteiger partial charge in [0, 0.05) is 0 Å². The quantitative estimate of drug-likeness (QED) is 0.443. The first kappa shape index (κ1) is 8.74. The summed E-state index contributed by atoms with van der Waals surface area (Å²) in [7, 11) is 0. The Bertz CT molecular complexity index is 296. The molecule has 0 aromatic rings. The van der Waals surface area contributed by atoms with Gasteiger partial charge in [-0.15, -0.1) is 0 Å². The molecule has 0 amide bonds. The molecule has 0 N–H and O–H groups in total. The summed E-state index contributed by atoms with van der Waals surface area (Å²) in [5.74, 6) is 1.40. The van der Waals surface area contributed by atoms with E-state index in [1.165, 1.54) is 17.6 Å². The summed E-state index contributed by atoms with van der Waals surface area (Å²) in [6.45, 7) is 8.73. The van der Waals surface area contributed by atoms with E-state index < -0.39 is 0 Å². The average Bonchev–Trinajstić information content (AvgIpc) is 2.08. The molecule has 0 spiro atoms. The second-order valence-corrected chi connectivity index (χ2v) is 4.86. The Morgan fingerprint density at radius 3 is 2.69 bits per heavy atom. The zero-order valence-electron chi connectivity index (χ0n) is 8.34. The molecule has 0 aromatic carbocycles. The van der Waals surface area contributed by atoms with E-state index in [1.807, 2.05) is 0 Å². The van der Waals surface area contributed by atoms with Crippen molar-refractivity contribution >= 4 is 6.29 Å². The molecule has 3 fully saturated rings. The van der Waals surface area contributed by atoms with Gasteiger partial charge in [0.2, 0.25) is 0 Å². The van der Waals surface area contributed by atoms with Crippen molar-refractivity contribution < 1.29 is 4.79 Å². The highest BCUT2D eigenvalue weighted by Gasteiger charge is 2.52. The van der Waals surface area contributed by atoms with Gasteiger partial charge >= 0.3 is 0 Å². The Hall–Kier alpha value is -0.850. The highest BCUT2D eigenvalue weighted by Crippen LogP contribution is 2.62.